The number of esters is 1. The van der Waals surface area contributed by atoms with Crippen molar-refractivity contribution in [2.45, 2.75) is 43.3 Å². The van der Waals surface area contributed by atoms with Crippen LogP contribution in [0.1, 0.15) is 31.2 Å². The Kier molecular flexibility index (Phi) is 7.56. The van der Waals surface area contributed by atoms with Gasteiger partial charge < -0.3 is 10.1 Å². The SMILES string of the molecule is COC(=O)CC[C@@H]1N[C@@](C)(C(=O)Nc2cccc(Cl)c2)[C@@H](c2cccc(Cl)c2F)[C@@H]1[N+](=O)[O-]. The van der Waals surface area contributed by atoms with E-state index in [2.05, 4.69) is 15.4 Å². The summed E-state index contributed by atoms with van der Waals surface area (Å²) in [6.45, 7) is 1.46. The van der Waals surface area contributed by atoms with E-state index in [0.717, 1.165) is 0 Å². The fourth-order valence-electron chi connectivity index (χ4n) is 4.31. The number of nitrogens with zero attached hydrogens (tertiary/aromatic N) is 1. The fraction of sp³-hybridized carbons (Fsp3) is 0.364. The van der Waals surface area contributed by atoms with Crippen molar-refractivity contribution in [2.75, 3.05) is 12.4 Å². The predicted molar refractivity (Wildman–Crippen MR) is 122 cm³/mol. The maximum Gasteiger partial charge on any atom is 0.305 e. The van der Waals surface area contributed by atoms with Gasteiger partial charge in [0.15, 0.2) is 0 Å². The van der Waals surface area contributed by atoms with Gasteiger partial charge in [-0.25, -0.2) is 4.39 Å². The van der Waals surface area contributed by atoms with E-state index in [1.165, 1.54) is 38.3 Å². The van der Waals surface area contributed by atoms with Gasteiger partial charge in [0.1, 0.15) is 11.4 Å². The molecule has 1 aliphatic heterocycles. The van der Waals surface area contributed by atoms with Gasteiger partial charge >= 0.3 is 5.97 Å². The normalized spacial score (nSPS) is 24.3. The van der Waals surface area contributed by atoms with Gasteiger partial charge in [-0.3, -0.25) is 25.0 Å². The number of halogens is 3. The van der Waals surface area contributed by atoms with E-state index < -0.39 is 46.2 Å². The summed E-state index contributed by atoms with van der Waals surface area (Å²) < 4.78 is 19.7. The molecule has 4 atom stereocenters. The van der Waals surface area contributed by atoms with E-state index in [1.807, 2.05) is 0 Å². The van der Waals surface area contributed by atoms with E-state index in [4.69, 9.17) is 23.2 Å². The zero-order valence-corrected chi connectivity index (χ0v) is 19.3. The van der Waals surface area contributed by atoms with Gasteiger partial charge in [0, 0.05) is 27.6 Å². The number of amides is 1. The lowest BCUT2D eigenvalue weighted by molar-refractivity contribution is -0.527. The van der Waals surface area contributed by atoms with Crippen molar-refractivity contribution in [3.8, 4) is 0 Å². The molecule has 2 N–H and O–H groups in total. The molecule has 2 aromatic carbocycles. The van der Waals surface area contributed by atoms with Crippen LogP contribution in [0.3, 0.4) is 0 Å². The Labute approximate surface area is 199 Å². The second kappa shape index (κ2) is 10.0. The second-order valence-electron chi connectivity index (χ2n) is 7.93. The molecule has 0 unspecified atom stereocenters. The van der Waals surface area contributed by atoms with Crippen LogP contribution in [0.15, 0.2) is 42.5 Å². The number of hydrogen-bond donors (Lipinski definition) is 2. The molecule has 0 aromatic heterocycles. The molecule has 1 heterocycles. The monoisotopic (exact) mass is 497 g/mol. The highest BCUT2D eigenvalue weighted by atomic mass is 35.5. The molecular formula is C22H22Cl2FN3O5. The molecule has 1 aliphatic rings. The van der Waals surface area contributed by atoms with Gasteiger partial charge in [0.2, 0.25) is 11.9 Å². The molecule has 0 radical (unpaired) electrons. The van der Waals surface area contributed by atoms with Crippen molar-refractivity contribution < 1.29 is 23.6 Å². The predicted octanol–water partition coefficient (Wildman–Crippen LogP) is 4.18. The van der Waals surface area contributed by atoms with E-state index in [0.29, 0.717) is 10.7 Å². The van der Waals surface area contributed by atoms with Crippen LogP contribution in [0.2, 0.25) is 10.0 Å². The lowest BCUT2D eigenvalue weighted by Gasteiger charge is -2.30. The number of hydrogen-bond acceptors (Lipinski definition) is 6. The van der Waals surface area contributed by atoms with Crippen LogP contribution in [-0.2, 0) is 14.3 Å². The van der Waals surface area contributed by atoms with Crippen LogP contribution in [0.4, 0.5) is 10.1 Å². The molecule has 0 bridgehead atoms. The van der Waals surface area contributed by atoms with E-state index in [1.54, 1.807) is 18.2 Å². The summed E-state index contributed by atoms with van der Waals surface area (Å²) in [6.07, 6.45) is -0.105. The van der Waals surface area contributed by atoms with Crippen LogP contribution in [-0.4, -0.2) is 41.5 Å². The van der Waals surface area contributed by atoms with E-state index >= 15 is 4.39 Å². The van der Waals surface area contributed by atoms with Crippen molar-refractivity contribution in [1.82, 2.24) is 5.32 Å². The standard InChI is InChI=1S/C22H22Cl2FN3O5/c1-22(21(30)26-13-6-3-5-12(23)11-13)18(14-7-4-8-15(24)19(14)25)20(28(31)32)16(27-22)9-10-17(29)33-2/h3-8,11,16,18,20,27H,9-10H2,1-2H3,(H,26,30)/t16-,18-,20+,22+/m0/s1. The third-order valence-electron chi connectivity index (χ3n) is 5.86. The van der Waals surface area contributed by atoms with Gasteiger partial charge in [-0.1, -0.05) is 41.4 Å². The lowest BCUT2D eigenvalue weighted by atomic mass is 9.77. The number of ether oxygens (including phenoxy) is 1. The molecule has 0 spiro atoms. The Balaban J connectivity index is 2.07. The average Bonchev–Trinajstić information content (AvgIpc) is 3.07. The summed E-state index contributed by atoms with van der Waals surface area (Å²) in [7, 11) is 1.21. The van der Waals surface area contributed by atoms with Gasteiger partial charge in [0.25, 0.3) is 0 Å². The molecule has 33 heavy (non-hydrogen) atoms. The smallest absolute Gasteiger partial charge is 0.305 e. The highest BCUT2D eigenvalue weighted by Crippen LogP contribution is 2.44. The number of methoxy groups -OCH3 is 1. The summed E-state index contributed by atoms with van der Waals surface area (Å²) in [5, 5.41) is 18.0. The van der Waals surface area contributed by atoms with Gasteiger partial charge in [-0.15, -0.1) is 0 Å². The molecule has 1 fully saturated rings. The van der Waals surface area contributed by atoms with Crippen LogP contribution >= 0.6 is 23.2 Å². The lowest BCUT2D eigenvalue weighted by Crippen LogP contribution is -2.53. The first kappa shape index (κ1) is 24.9. The van der Waals surface area contributed by atoms with Gasteiger partial charge in [-0.2, -0.15) is 0 Å². The Hall–Kier alpha value is -2.75. The topological polar surface area (TPSA) is 111 Å². The molecule has 8 nitrogen and oxygen atoms in total. The minimum absolute atomic E-state index is 0.0110. The summed E-state index contributed by atoms with van der Waals surface area (Å²) in [4.78, 5) is 36.7. The molecule has 2 aromatic rings. The van der Waals surface area contributed by atoms with Crippen LogP contribution < -0.4 is 10.6 Å². The van der Waals surface area contributed by atoms with Crippen LogP contribution in [0.5, 0.6) is 0 Å². The number of carbonyl (C=O) groups is 2. The minimum Gasteiger partial charge on any atom is -0.469 e. The molecule has 3 rings (SSSR count). The van der Waals surface area contributed by atoms with E-state index in [-0.39, 0.29) is 23.4 Å². The third kappa shape index (κ3) is 5.10. The summed E-state index contributed by atoms with van der Waals surface area (Å²) in [5.74, 6) is -3.25. The molecule has 0 saturated carbocycles. The number of benzene rings is 2. The number of anilines is 1. The zero-order valence-electron chi connectivity index (χ0n) is 17.8. The minimum atomic E-state index is -1.62. The molecule has 176 valence electrons. The molecular weight excluding hydrogens is 476 g/mol. The zero-order chi connectivity index (χ0) is 24.3. The third-order valence-corrected chi connectivity index (χ3v) is 6.39. The van der Waals surface area contributed by atoms with Gasteiger partial charge in [0.05, 0.1) is 24.1 Å². The van der Waals surface area contributed by atoms with Crippen LogP contribution in [0.25, 0.3) is 0 Å². The maximum absolute atomic E-state index is 15.1. The van der Waals surface area contributed by atoms with Crippen molar-refractivity contribution in [3.63, 3.8) is 0 Å². The first-order chi connectivity index (χ1) is 15.6. The quantitative estimate of drug-likeness (QED) is 0.337. The second-order valence-corrected chi connectivity index (χ2v) is 8.77. The highest BCUT2D eigenvalue weighted by molar-refractivity contribution is 6.31. The van der Waals surface area contributed by atoms with Gasteiger partial charge in [-0.05, 0) is 37.6 Å². The van der Waals surface area contributed by atoms with Crippen LogP contribution in [0, 0.1) is 15.9 Å². The number of nitrogens with one attached hydrogen (secondary N) is 2. The van der Waals surface area contributed by atoms with Crippen molar-refractivity contribution in [3.05, 3.63) is 74.0 Å². The Morgan fingerprint density at radius 3 is 2.61 bits per heavy atom. The largest absolute Gasteiger partial charge is 0.469 e. The summed E-state index contributed by atoms with van der Waals surface area (Å²) >= 11 is 11.9. The maximum atomic E-state index is 15.1. The molecule has 0 aliphatic carbocycles. The number of nitro groups is 1. The summed E-state index contributed by atoms with van der Waals surface area (Å²) in [5.41, 5.74) is -1.32. The fourth-order valence-corrected chi connectivity index (χ4v) is 4.68. The molecule has 1 amide bonds. The van der Waals surface area contributed by atoms with Crippen molar-refractivity contribution in [1.29, 1.82) is 0 Å². The average molecular weight is 498 g/mol. The number of carbonyl (C=O) groups excluding carboxylic acids is 2. The Morgan fingerprint density at radius 1 is 1.27 bits per heavy atom. The van der Waals surface area contributed by atoms with Crippen molar-refractivity contribution in [2.24, 2.45) is 0 Å². The van der Waals surface area contributed by atoms with E-state index in [9.17, 15) is 19.7 Å². The van der Waals surface area contributed by atoms with Crippen molar-refractivity contribution >= 4 is 40.8 Å². The molecule has 11 heteroatoms. The molecule has 1 saturated heterocycles. The Bertz CT molecular complexity index is 1090. The number of rotatable bonds is 7. The Morgan fingerprint density at radius 2 is 1.97 bits per heavy atom. The first-order valence-corrected chi connectivity index (χ1v) is 10.8. The first-order valence-electron chi connectivity index (χ1n) is 10.1. The summed E-state index contributed by atoms with van der Waals surface area (Å²) in [6, 6.07) is 8.21. The highest BCUT2D eigenvalue weighted by Gasteiger charge is 2.61.